The van der Waals surface area contributed by atoms with E-state index < -0.39 is 5.60 Å². The Hall–Kier alpha value is -1.74. The van der Waals surface area contributed by atoms with Crippen molar-refractivity contribution in [1.29, 1.82) is 5.26 Å². The van der Waals surface area contributed by atoms with Crippen LogP contribution in [0.1, 0.15) is 33.3 Å². The van der Waals surface area contributed by atoms with Crippen LogP contribution >= 0.6 is 15.9 Å². The third-order valence-electron chi connectivity index (χ3n) is 3.67. The van der Waals surface area contributed by atoms with Gasteiger partial charge in [0.1, 0.15) is 5.60 Å². The van der Waals surface area contributed by atoms with E-state index in [2.05, 4.69) is 26.9 Å². The minimum absolute atomic E-state index is 0.0566. The van der Waals surface area contributed by atoms with Gasteiger partial charge in [-0.15, -0.1) is 0 Å². The van der Waals surface area contributed by atoms with Gasteiger partial charge in [-0.3, -0.25) is 0 Å². The molecule has 23 heavy (non-hydrogen) atoms. The van der Waals surface area contributed by atoms with Gasteiger partial charge in [0.15, 0.2) is 0 Å². The van der Waals surface area contributed by atoms with E-state index in [9.17, 15) is 4.79 Å². The first-order valence-electron chi connectivity index (χ1n) is 7.65. The number of halogens is 1. The van der Waals surface area contributed by atoms with Crippen molar-refractivity contribution in [3.05, 3.63) is 28.2 Å². The Morgan fingerprint density at radius 3 is 2.61 bits per heavy atom. The van der Waals surface area contributed by atoms with Gasteiger partial charge in [0.25, 0.3) is 0 Å². The van der Waals surface area contributed by atoms with Crippen LogP contribution in [-0.2, 0) is 4.74 Å². The third-order valence-corrected chi connectivity index (χ3v) is 4.31. The fraction of sp³-hybridized carbons (Fsp3) is 0.529. The Morgan fingerprint density at radius 1 is 1.39 bits per heavy atom. The molecule has 0 spiro atoms. The highest BCUT2D eigenvalue weighted by atomic mass is 79.9. The zero-order valence-corrected chi connectivity index (χ0v) is 15.6. The molecule has 1 amide bonds. The van der Waals surface area contributed by atoms with Crippen molar-refractivity contribution < 1.29 is 9.53 Å². The number of carbonyl (C=O) groups excluding carboxylic acids is 1. The van der Waals surface area contributed by atoms with Crippen LogP contribution < -0.4 is 4.90 Å². The molecule has 1 aromatic carbocycles. The van der Waals surface area contributed by atoms with Crippen molar-refractivity contribution in [2.75, 3.05) is 24.5 Å². The lowest BCUT2D eigenvalue weighted by atomic mass is 10.1. The fourth-order valence-corrected chi connectivity index (χ4v) is 3.23. The molecule has 1 aromatic rings. The summed E-state index contributed by atoms with van der Waals surface area (Å²) < 4.78 is 6.36. The van der Waals surface area contributed by atoms with E-state index >= 15 is 0 Å². The lowest BCUT2D eigenvalue weighted by Gasteiger charge is -2.41. The molecule has 6 heteroatoms. The van der Waals surface area contributed by atoms with Crippen LogP contribution in [0.4, 0.5) is 10.5 Å². The molecule has 1 aliphatic rings. The number of hydrogen-bond donors (Lipinski definition) is 0. The van der Waals surface area contributed by atoms with Crippen LogP contribution in [0.15, 0.2) is 22.7 Å². The number of nitrogens with zero attached hydrogens (tertiary/aromatic N) is 3. The first-order chi connectivity index (χ1) is 10.7. The average Bonchev–Trinajstić information content (AvgIpc) is 2.44. The second kappa shape index (κ2) is 6.79. The Labute approximate surface area is 145 Å². The molecule has 0 saturated carbocycles. The van der Waals surface area contributed by atoms with E-state index in [1.54, 1.807) is 4.90 Å². The molecular formula is C17H22BrN3O2. The summed E-state index contributed by atoms with van der Waals surface area (Å²) in [5.74, 6) is 0. The molecule has 0 aromatic heterocycles. The maximum atomic E-state index is 12.3. The van der Waals surface area contributed by atoms with E-state index in [4.69, 9.17) is 10.00 Å². The second-order valence-corrected chi connectivity index (χ2v) is 7.60. The highest BCUT2D eigenvalue weighted by molar-refractivity contribution is 9.10. The van der Waals surface area contributed by atoms with Gasteiger partial charge in [0, 0.05) is 30.1 Å². The van der Waals surface area contributed by atoms with Crippen LogP contribution in [-0.4, -0.2) is 42.3 Å². The fourth-order valence-electron chi connectivity index (χ4n) is 2.60. The van der Waals surface area contributed by atoms with Crippen LogP contribution in [0.3, 0.4) is 0 Å². The van der Waals surface area contributed by atoms with Crippen LogP contribution in [0, 0.1) is 11.3 Å². The minimum atomic E-state index is -0.482. The summed E-state index contributed by atoms with van der Waals surface area (Å²) in [7, 11) is 0. The molecule has 0 aliphatic carbocycles. The Balaban J connectivity index is 2.07. The number of carbonyl (C=O) groups is 1. The van der Waals surface area contributed by atoms with Crippen molar-refractivity contribution >= 4 is 27.7 Å². The van der Waals surface area contributed by atoms with Crippen molar-refractivity contribution in [2.24, 2.45) is 0 Å². The van der Waals surface area contributed by atoms with E-state index in [-0.39, 0.29) is 12.1 Å². The predicted molar refractivity (Wildman–Crippen MR) is 93.5 cm³/mol. The van der Waals surface area contributed by atoms with Gasteiger partial charge < -0.3 is 14.5 Å². The molecule has 1 heterocycles. The molecule has 1 aliphatic heterocycles. The third kappa shape index (κ3) is 4.38. The Morgan fingerprint density at radius 2 is 2.09 bits per heavy atom. The van der Waals surface area contributed by atoms with Gasteiger partial charge >= 0.3 is 6.09 Å². The monoisotopic (exact) mass is 379 g/mol. The smallest absolute Gasteiger partial charge is 0.410 e. The number of amides is 1. The molecule has 0 bridgehead atoms. The first kappa shape index (κ1) is 17.6. The largest absolute Gasteiger partial charge is 0.444 e. The summed E-state index contributed by atoms with van der Waals surface area (Å²) in [5.41, 5.74) is 1.19. The Bertz CT molecular complexity index is 634. The zero-order valence-electron chi connectivity index (χ0n) is 14.0. The second-order valence-electron chi connectivity index (χ2n) is 6.75. The lowest BCUT2D eigenvalue weighted by Crippen LogP contribution is -2.55. The molecular weight excluding hydrogens is 358 g/mol. The predicted octanol–water partition coefficient (Wildman–Crippen LogP) is 3.77. The van der Waals surface area contributed by atoms with Gasteiger partial charge in [-0.1, -0.05) is 0 Å². The van der Waals surface area contributed by atoms with E-state index in [1.807, 2.05) is 45.9 Å². The van der Waals surface area contributed by atoms with Gasteiger partial charge in [0.05, 0.1) is 17.3 Å². The first-order valence-corrected chi connectivity index (χ1v) is 8.45. The normalized spacial score (nSPS) is 18.5. The van der Waals surface area contributed by atoms with Crippen molar-refractivity contribution in [2.45, 2.75) is 39.3 Å². The molecule has 2 rings (SSSR count). The number of rotatable bonds is 1. The van der Waals surface area contributed by atoms with E-state index in [0.717, 1.165) is 23.2 Å². The number of nitriles is 1. The molecule has 0 unspecified atom stereocenters. The summed E-state index contributed by atoms with van der Waals surface area (Å²) in [6, 6.07) is 7.76. The molecule has 124 valence electrons. The average molecular weight is 380 g/mol. The number of ether oxygens (including phenoxy) is 1. The zero-order chi connectivity index (χ0) is 17.2. The molecule has 0 N–H and O–H groups in total. The SMILES string of the molecule is C[C@@H]1CN(c2ccc(C#N)cc2Br)CCN1C(=O)OC(C)(C)C. The Kier molecular flexibility index (Phi) is 5.20. The number of hydrogen-bond acceptors (Lipinski definition) is 4. The topological polar surface area (TPSA) is 56.6 Å². The maximum Gasteiger partial charge on any atom is 0.410 e. The minimum Gasteiger partial charge on any atom is -0.444 e. The van der Waals surface area contributed by atoms with E-state index in [0.29, 0.717) is 12.1 Å². The quantitative estimate of drug-likeness (QED) is 0.744. The van der Waals surface area contributed by atoms with Crippen molar-refractivity contribution in [3.63, 3.8) is 0 Å². The number of piperazine rings is 1. The lowest BCUT2D eigenvalue weighted by molar-refractivity contribution is 0.0159. The highest BCUT2D eigenvalue weighted by Crippen LogP contribution is 2.29. The summed E-state index contributed by atoms with van der Waals surface area (Å²) >= 11 is 3.53. The van der Waals surface area contributed by atoms with E-state index in [1.165, 1.54) is 0 Å². The van der Waals surface area contributed by atoms with Crippen molar-refractivity contribution in [1.82, 2.24) is 4.90 Å². The molecule has 0 radical (unpaired) electrons. The van der Waals surface area contributed by atoms with Crippen LogP contribution in [0.5, 0.6) is 0 Å². The molecule has 5 nitrogen and oxygen atoms in total. The molecule has 1 saturated heterocycles. The summed E-state index contributed by atoms with van der Waals surface area (Å²) in [6.45, 7) is 9.72. The van der Waals surface area contributed by atoms with Gasteiger partial charge in [0.2, 0.25) is 0 Å². The number of benzene rings is 1. The maximum absolute atomic E-state index is 12.3. The summed E-state index contributed by atoms with van der Waals surface area (Å²) in [5, 5.41) is 8.95. The molecule has 1 fully saturated rings. The van der Waals surface area contributed by atoms with Gasteiger partial charge in [-0.25, -0.2) is 4.79 Å². The summed E-state index contributed by atoms with van der Waals surface area (Å²) in [6.07, 6.45) is -0.261. The van der Waals surface area contributed by atoms with Crippen LogP contribution in [0.2, 0.25) is 0 Å². The standard InChI is InChI=1S/C17H22BrN3O2/c1-12-11-20(15-6-5-13(10-19)9-14(15)18)7-8-21(12)16(22)23-17(2,3)4/h5-6,9,12H,7-8,11H2,1-4H3/t12-/m1/s1. The summed E-state index contributed by atoms with van der Waals surface area (Å²) in [4.78, 5) is 16.3. The van der Waals surface area contributed by atoms with Crippen molar-refractivity contribution in [3.8, 4) is 6.07 Å². The van der Waals surface area contributed by atoms with Gasteiger partial charge in [-0.05, 0) is 61.8 Å². The molecule has 1 atom stereocenters. The van der Waals surface area contributed by atoms with Gasteiger partial charge in [-0.2, -0.15) is 5.26 Å². The highest BCUT2D eigenvalue weighted by Gasteiger charge is 2.31. The number of anilines is 1. The van der Waals surface area contributed by atoms with Crippen LogP contribution in [0.25, 0.3) is 0 Å².